The van der Waals surface area contributed by atoms with Crippen molar-refractivity contribution in [2.75, 3.05) is 0 Å². The van der Waals surface area contributed by atoms with E-state index in [9.17, 15) is 4.79 Å². The first kappa shape index (κ1) is 7.40. The first-order chi connectivity index (χ1) is 5.68. The first-order valence-corrected chi connectivity index (χ1v) is 4.16. The molecule has 2 heterocycles. The van der Waals surface area contributed by atoms with Gasteiger partial charge in [-0.25, -0.2) is 0 Å². The minimum absolute atomic E-state index is 0.0579. The van der Waals surface area contributed by atoms with E-state index < -0.39 is 0 Å². The number of nitrogens with one attached hydrogen (secondary N) is 2. The molecule has 2 rings (SSSR count). The minimum Gasteiger partial charge on any atom is -0.364 e. The highest BCUT2D eigenvalue weighted by Crippen LogP contribution is 2.19. The van der Waals surface area contributed by atoms with E-state index in [1.54, 1.807) is 0 Å². The highest BCUT2D eigenvalue weighted by Gasteiger charge is 2.23. The van der Waals surface area contributed by atoms with Crippen LogP contribution in [0.5, 0.6) is 0 Å². The first-order valence-electron chi connectivity index (χ1n) is 4.16. The number of aromatic amines is 1. The van der Waals surface area contributed by atoms with Crippen molar-refractivity contribution in [3.8, 4) is 0 Å². The van der Waals surface area contributed by atoms with Crippen LogP contribution in [0.25, 0.3) is 0 Å². The molecule has 64 valence electrons. The van der Waals surface area contributed by atoms with Crippen LogP contribution in [0, 0.1) is 6.92 Å². The minimum atomic E-state index is 0.0579. The number of H-pyrrole nitrogens is 1. The van der Waals surface area contributed by atoms with Crippen LogP contribution < -0.4 is 5.32 Å². The zero-order valence-electron chi connectivity index (χ0n) is 7.27. The quantitative estimate of drug-likeness (QED) is 0.590. The maximum absolute atomic E-state index is 11.4. The summed E-state index contributed by atoms with van der Waals surface area (Å²) < 4.78 is 0. The SMILES string of the molecule is Cc1[nH]cc2c1C(=O)NC(C)C2. The molecule has 0 saturated carbocycles. The fraction of sp³-hybridized carbons (Fsp3) is 0.444. The van der Waals surface area contributed by atoms with Crippen molar-refractivity contribution in [2.24, 2.45) is 0 Å². The molecule has 2 N–H and O–H groups in total. The van der Waals surface area contributed by atoms with Gasteiger partial charge in [0, 0.05) is 17.9 Å². The Labute approximate surface area is 71.2 Å². The summed E-state index contributed by atoms with van der Waals surface area (Å²) >= 11 is 0. The lowest BCUT2D eigenvalue weighted by Gasteiger charge is -2.19. The molecule has 1 aliphatic heterocycles. The zero-order chi connectivity index (χ0) is 8.72. The summed E-state index contributed by atoms with van der Waals surface area (Å²) in [5, 5.41) is 2.90. The van der Waals surface area contributed by atoms with Crippen LogP contribution >= 0.6 is 0 Å². The maximum atomic E-state index is 11.4. The van der Waals surface area contributed by atoms with Crippen LogP contribution in [0.15, 0.2) is 6.20 Å². The molecule has 0 fully saturated rings. The second kappa shape index (κ2) is 2.37. The second-order valence-corrected chi connectivity index (χ2v) is 3.39. The molecule has 0 aliphatic carbocycles. The Balaban J connectivity index is 2.50. The molecule has 3 heteroatoms. The number of fused-ring (bicyclic) bond motifs is 1. The second-order valence-electron chi connectivity index (χ2n) is 3.39. The van der Waals surface area contributed by atoms with Gasteiger partial charge in [-0.2, -0.15) is 0 Å². The molecule has 0 saturated heterocycles. The van der Waals surface area contributed by atoms with Crippen LogP contribution in [0.3, 0.4) is 0 Å². The largest absolute Gasteiger partial charge is 0.364 e. The van der Waals surface area contributed by atoms with Gasteiger partial charge in [-0.1, -0.05) is 0 Å². The lowest BCUT2D eigenvalue weighted by molar-refractivity contribution is 0.0929. The summed E-state index contributed by atoms with van der Waals surface area (Å²) in [5.74, 6) is 0.0579. The molecule has 1 atom stereocenters. The van der Waals surface area contributed by atoms with Crippen molar-refractivity contribution >= 4 is 5.91 Å². The predicted octanol–water partition coefficient (Wildman–Crippen LogP) is 0.998. The highest BCUT2D eigenvalue weighted by molar-refractivity contribution is 5.98. The van der Waals surface area contributed by atoms with E-state index in [1.165, 1.54) is 0 Å². The van der Waals surface area contributed by atoms with Crippen molar-refractivity contribution in [3.05, 3.63) is 23.0 Å². The molecule has 1 aromatic rings. The fourth-order valence-corrected chi connectivity index (χ4v) is 1.73. The third-order valence-electron chi connectivity index (χ3n) is 2.29. The molecule has 0 aromatic carbocycles. The molecular weight excluding hydrogens is 152 g/mol. The Morgan fingerprint density at radius 1 is 1.58 bits per heavy atom. The van der Waals surface area contributed by atoms with Gasteiger partial charge in [-0.05, 0) is 25.8 Å². The Morgan fingerprint density at radius 2 is 2.33 bits per heavy atom. The van der Waals surface area contributed by atoms with Crippen molar-refractivity contribution in [3.63, 3.8) is 0 Å². The van der Waals surface area contributed by atoms with E-state index in [4.69, 9.17) is 0 Å². The van der Waals surface area contributed by atoms with Gasteiger partial charge in [0.1, 0.15) is 0 Å². The molecule has 1 unspecified atom stereocenters. The molecule has 1 aromatic heterocycles. The molecular formula is C9H12N2O. The van der Waals surface area contributed by atoms with Crippen molar-refractivity contribution < 1.29 is 4.79 Å². The monoisotopic (exact) mass is 164 g/mol. The number of hydrogen-bond acceptors (Lipinski definition) is 1. The van der Waals surface area contributed by atoms with Gasteiger partial charge in [0.15, 0.2) is 0 Å². The third-order valence-corrected chi connectivity index (χ3v) is 2.29. The summed E-state index contributed by atoms with van der Waals surface area (Å²) in [6, 6.07) is 0.264. The molecule has 0 radical (unpaired) electrons. The number of aromatic nitrogens is 1. The van der Waals surface area contributed by atoms with Gasteiger partial charge >= 0.3 is 0 Å². The van der Waals surface area contributed by atoms with Gasteiger partial charge in [0.2, 0.25) is 0 Å². The topological polar surface area (TPSA) is 44.9 Å². The lowest BCUT2D eigenvalue weighted by atomic mass is 9.99. The number of aryl methyl sites for hydroxylation is 1. The van der Waals surface area contributed by atoms with Crippen LogP contribution in [0.4, 0.5) is 0 Å². The average molecular weight is 164 g/mol. The summed E-state index contributed by atoms with van der Waals surface area (Å²) in [4.78, 5) is 14.5. The van der Waals surface area contributed by atoms with E-state index in [0.717, 1.165) is 23.2 Å². The van der Waals surface area contributed by atoms with Crippen LogP contribution in [0.1, 0.15) is 28.5 Å². The van der Waals surface area contributed by atoms with E-state index in [0.29, 0.717) is 0 Å². The molecule has 3 nitrogen and oxygen atoms in total. The van der Waals surface area contributed by atoms with Gasteiger partial charge in [0.05, 0.1) is 5.56 Å². The van der Waals surface area contributed by atoms with E-state index >= 15 is 0 Å². The molecule has 12 heavy (non-hydrogen) atoms. The van der Waals surface area contributed by atoms with Crippen molar-refractivity contribution in [1.29, 1.82) is 0 Å². The standard InChI is InChI=1S/C9H12N2O/c1-5-3-7-4-10-6(2)8(7)9(12)11-5/h4-5,10H,3H2,1-2H3,(H,11,12). The highest BCUT2D eigenvalue weighted by atomic mass is 16.1. The zero-order valence-corrected chi connectivity index (χ0v) is 7.27. The summed E-state index contributed by atoms with van der Waals surface area (Å²) in [5.41, 5.74) is 2.95. The summed E-state index contributed by atoms with van der Waals surface area (Å²) in [7, 11) is 0. The Hall–Kier alpha value is -1.25. The summed E-state index contributed by atoms with van der Waals surface area (Å²) in [6.45, 7) is 3.94. The van der Waals surface area contributed by atoms with Gasteiger partial charge in [-0.3, -0.25) is 4.79 Å². The lowest BCUT2D eigenvalue weighted by Crippen LogP contribution is -2.38. The van der Waals surface area contributed by atoms with Crippen LogP contribution in [-0.2, 0) is 6.42 Å². The van der Waals surface area contributed by atoms with E-state index in [1.807, 2.05) is 20.0 Å². The Kier molecular flexibility index (Phi) is 1.46. The number of carbonyl (C=O) groups excluding carboxylic acids is 1. The van der Waals surface area contributed by atoms with Gasteiger partial charge in [-0.15, -0.1) is 0 Å². The fourth-order valence-electron chi connectivity index (χ4n) is 1.73. The van der Waals surface area contributed by atoms with Crippen LogP contribution in [-0.4, -0.2) is 16.9 Å². The van der Waals surface area contributed by atoms with E-state index in [2.05, 4.69) is 10.3 Å². The maximum Gasteiger partial charge on any atom is 0.253 e. The average Bonchev–Trinajstić information content (AvgIpc) is 2.31. The Morgan fingerprint density at radius 3 is 3.08 bits per heavy atom. The number of amides is 1. The third kappa shape index (κ3) is 0.932. The normalized spacial score (nSPS) is 21.8. The number of carbonyl (C=O) groups is 1. The molecule has 0 bridgehead atoms. The van der Waals surface area contributed by atoms with Gasteiger partial charge < -0.3 is 10.3 Å². The smallest absolute Gasteiger partial charge is 0.253 e. The van der Waals surface area contributed by atoms with Crippen LogP contribution in [0.2, 0.25) is 0 Å². The predicted molar refractivity (Wildman–Crippen MR) is 46.2 cm³/mol. The van der Waals surface area contributed by atoms with Gasteiger partial charge in [0.25, 0.3) is 5.91 Å². The number of hydrogen-bond donors (Lipinski definition) is 2. The van der Waals surface area contributed by atoms with E-state index in [-0.39, 0.29) is 11.9 Å². The van der Waals surface area contributed by atoms with Crippen molar-refractivity contribution in [2.45, 2.75) is 26.3 Å². The summed E-state index contributed by atoms with van der Waals surface area (Å²) in [6.07, 6.45) is 2.87. The molecule has 1 aliphatic rings. The molecule has 0 spiro atoms. The Bertz CT molecular complexity index is 327. The van der Waals surface area contributed by atoms with Crippen molar-refractivity contribution in [1.82, 2.24) is 10.3 Å². The number of rotatable bonds is 0. The molecule has 1 amide bonds.